The predicted molar refractivity (Wildman–Crippen MR) is 164 cm³/mol. The summed E-state index contributed by atoms with van der Waals surface area (Å²) in [5.74, 6) is 0.821. The van der Waals surface area contributed by atoms with E-state index in [0.717, 1.165) is 22.4 Å². The highest BCUT2D eigenvalue weighted by atomic mass is 32.5. The Bertz CT molecular complexity index is 1130. The summed E-state index contributed by atoms with van der Waals surface area (Å²) in [5, 5.41) is 7.14. The summed E-state index contributed by atoms with van der Waals surface area (Å²) >= 11 is 5.73. The molecule has 6 nitrogen and oxygen atoms in total. The lowest BCUT2D eigenvalue weighted by Gasteiger charge is -2.37. The maximum Gasteiger partial charge on any atom is 0.262 e. The quantitative estimate of drug-likeness (QED) is 0.121. The maximum absolute atomic E-state index is 6.09. The van der Waals surface area contributed by atoms with Gasteiger partial charge in [0.05, 0.1) is 37.6 Å². The molecule has 0 heterocycles. The molecular weight excluding hydrogens is 527 g/mol. The molecule has 0 radical (unpaired) electrons. The molecule has 0 amide bonds. The summed E-state index contributed by atoms with van der Waals surface area (Å²) in [6, 6.07) is 29.2. The van der Waals surface area contributed by atoms with Crippen molar-refractivity contribution in [1.29, 1.82) is 0 Å². The topological polar surface area (TPSA) is 61.0 Å². The van der Waals surface area contributed by atoms with Gasteiger partial charge in [0, 0.05) is 13.1 Å². The normalized spacial score (nSPS) is 13.8. The van der Waals surface area contributed by atoms with Gasteiger partial charge in [0.2, 0.25) is 0 Å². The highest BCUT2D eigenvalue weighted by Gasteiger charge is 2.35. The van der Waals surface area contributed by atoms with Gasteiger partial charge in [0.15, 0.2) is 0 Å². The van der Waals surface area contributed by atoms with E-state index in [0.29, 0.717) is 26.3 Å². The maximum atomic E-state index is 6.09. The van der Waals surface area contributed by atoms with Crippen LogP contribution in [0.3, 0.4) is 0 Å². The first-order valence-electron chi connectivity index (χ1n) is 13.4. The summed E-state index contributed by atoms with van der Waals surface area (Å²) in [6.07, 6.45) is -0.0298. The molecule has 3 rings (SSSR count). The minimum atomic E-state index is -2.63. The molecule has 0 saturated heterocycles. The fourth-order valence-corrected chi connectivity index (χ4v) is 7.70. The first-order chi connectivity index (χ1) is 18.6. The van der Waals surface area contributed by atoms with Gasteiger partial charge >= 0.3 is 0 Å². The Labute approximate surface area is 239 Å². The first kappa shape index (κ1) is 31.4. The zero-order chi connectivity index (χ0) is 28.4. The molecule has 8 heteroatoms. The SMILES string of the molecule is COc1ccc(C(NCCOCCNP(=S)(OC(C)C)OC(C)(C)C)(c2ccccc2)c2ccccc2)cc1. The van der Waals surface area contributed by atoms with E-state index in [-0.39, 0.29) is 6.10 Å². The van der Waals surface area contributed by atoms with E-state index < -0.39 is 17.8 Å². The Morgan fingerprint density at radius 3 is 1.77 bits per heavy atom. The Hall–Kier alpha value is -2.09. The van der Waals surface area contributed by atoms with Crippen molar-refractivity contribution in [3.05, 3.63) is 102 Å². The zero-order valence-electron chi connectivity index (χ0n) is 24.0. The Morgan fingerprint density at radius 2 is 1.28 bits per heavy atom. The fraction of sp³-hybridized carbons (Fsp3) is 0.419. The second-order valence-electron chi connectivity index (χ2n) is 10.5. The summed E-state index contributed by atoms with van der Waals surface area (Å²) in [6.45, 7) is 9.43. The van der Waals surface area contributed by atoms with Gasteiger partial charge in [-0.3, -0.25) is 5.32 Å². The van der Waals surface area contributed by atoms with Crippen LogP contribution >= 0.6 is 6.64 Å². The Kier molecular flexibility index (Phi) is 11.7. The molecule has 0 aromatic heterocycles. The third-order valence-corrected chi connectivity index (χ3v) is 8.84. The molecule has 0 saturated carbocycles. The van der Waals surface area contributed by atoms with Gasteiger partial charge in [-0.15, -0.1) is 0 Å². The van der Waals surface area contributed by atoms with Crippen LogP contribution in [0.5, 0.6) is 5.75 Å². The average molecular weight is 571 g/mol. The molecule has 0 spiro atoms. The Balaban J connectivity index is 1.72. The van der Waals surface area contributed by atoms with Crippen LogP contribution in [0.1, 0.15) is 51.3 Å². The number of hydrogen-bond donors (Lipinski definition) is 2. The summed E-state index contributed by atoms with van der Waals surface area (Å²) in [5.41, 5.74) is 2.45. The lowest BCUT2D eigenvalue weighted by molar-refractivity contribution is 0.0969. The van der Waals surface area contributed by atoms with Gasteiger partial charge in [-0.1, -0.05) is 72.8 Å². The minimum absolute atomic E-state index is 0.0298. The number of ether oxygens (including phenoxy) is 2. The van der Waals surface area contributed by atoms with E-state index in [2.05, 4.69) is 71.1 Å². The van der Waals surface area contributed by atoms with Crippen LogP contribution in [0.2, 0.25) is 0 Å². The van der Waals surface area contributed by atoms with Crippen LogP contribution in [0, 0.1) is 0 Å². The van der Waals surface area contributed by atoms with E-state index in [4.69, 9.17) is 30.3 Å². The minimum Gasteiger partial charge on any atom is -0.497 e. The molecule has 2 N–H and O–H groups in total. The molecule has 0 bridgehead atoms. The van der Waals surface area contributed by atoms with Gasteiger partial charge in [0.1, 0.15) is 5.75 Å². The summed E-state index contributed by atoms with van der Waals surface area (Å²) in [4.78, 5) is 0. The van der Waals surface area contributed by atoms with Crippen molar-refractivity contribution in [3.63, 3.8) is 0 Å². The van der Waals surface area contributed by atoms with Crippen LogP contribution in [-0.4, -0.2) is 45.1 Å². The molecule has 0 aliphatic carbocycles. The monoisotopic (exact) mass is 570 g/mol. The smallest absolute Gasteiger partial charge is 0.262 e. The molecule has 0 fully saturated rings. The van der Waals surface area contributed by atoms with Crippen molar-refractivity contribution in [2.24, 2.45) is 0 Å². The van der Waals surface area contributed by atoms with Crippen molar-refractivity contribution in [3.8, 4) is 5.75 Å². The van der Waals surface area contributed by atoms with Crippen LogP contribution < -0.4 is 15.1 Å². The number of methoxy groups -OCH3 is 1. The molecule has 39 heavy (non-hydrogen) atoms. The molecule has 3 aromatic rings. The molecule has 1 atom stereocenters. The number of hydrogen-bond acceptors (Lipinski definition) is 6. The standard InChI is InChI=1S/C31H43N2O4PS/c1-25(2)36-38(39,37-30(3,4)5)33-22-24-35-23-21-32-31(26-13-9-7-10-14-26,27-15-11-8-12-16-27)28-17-19-29(34-6)20-18-28/h7-20,25,32H,21-24H2,1-6H3,(H,33,39). The number of benzene rings is 3. The highest BCUT2D eigenvalue weighted by molar-refractivity contribution is 8.09. The molecule has 212 valence electrons. The molecule has 1 unspecified atom stereocenters. The summed E-state index contributed by atoms with van der Waals surface area (Å²) in [7, 11) is 1.68. The van der Waals surface area contributed by atoms with Gasteiger partial charge in [-0.05, 0) is 75.2 Å². The van der Waals surface area contributed by atoms with Crippen LogP contribution in [0.4, 0.5) is 0 Å². The van der Waals surface area contributed by atoms with Gasteiger partial charge in [0.25, 0.3) is 6.64 Å². The van der Waals surface area contributed by atoms with Crippen LogP contribution in [0.25, 0.3) is 0 Å². The van der Waals surface area contributed by atoms with E-state index in [1.54, 1.807) is 7.11 Å². The van der Waals surface area contributed by atoms with Crippen molar-refractivity contribution in [2.45, 2.75) is 51.9 Å². The second-order valence-corrected chi connectivity index (χ2v) is 13.7. The van der Waals surface area contributed by atoms with E-state index in [9.17, 15) is 0 Å². The van der Waals surface area contributed by atoms with Gasteiger partial charge in [-0.25, -0.2) is 5.09 Å². The van der Waals surface area contributed by atoms with Crippen LogP contribution in [-0.2, 0) is 31.1 Å². The number of nitrogens with one attached hydrogen (secondary N) is 2. The lowest BCUT2D eigenvalue weighted by Crippen LogP contribution is -2.46. The largest absolute Gasteiger partial charge is 0.497 e. The van der Waals surface area contributed by atoms with Crippen molar-refractivity contribution < 1.29 is 18.5 Å². The van der Waals surface area contributed by atoms with E-state index in [1.807, 2.05) is 58.9 Å². The van der Waals surface area contributed by atoms with Gasteiger partial charge < -0.3 is 18.5 Å². The lowest BCUT2D eigenvalue weighted by atomic mass is 9.77. The first-order valence-corrected chi connectivity index (χ1v) is 16.0. The number of rotatable bonds is 15. The van der Waals surface area contributed by atoms with Crippen molar-refractivity contribution in [2.75, 3.05) is 33.4 Å². The average Bonchev–Trinajstić information content (AvgIpc) is 2.90. The molecule has 3 aromatic carbocycles. The highest BCUT2D eigenvalue weighted by Crippen LogP contribution is 2.48. The fourth-order valence-electron chi connectivity index (χ4n) is 4.42. The van der Waals surface area contributed by atoms with Crippen LogP contribution in [0.15, 0.2) is 84.9 Å². The summed E-state index contributed by atoms with van der Waals surface area (Å²) < 4.78 is 23.5. The second kappa shape index (κ2) is 14.5. The molecule has 0 aliphatic rings. The third-order valence-electron chi connectivity index (χ3n) is 5.87. The van der Waals surface area contributed by atoms with E-state index in [1.165, 1.54) is 0 Å². The third kappa shape index (κ3) is 9.22. The zero-order valence-corrected chi connectivity index (χ0v) is 25.7. The predicted octanol–water partition coefficient (Wildman–Crippen LogP) is 6.65. The van der Waals surface area contributed by atoms with Crippen molar-refractivity contribution >= 4 is 18.4 Å². The molecular formula is C31H43N2O4PS. The van der Waals surface area contributed by atoms with Crippen molar-refractivity contribution in [1.82, 2.24) is 10.4 Å². The molecule has 0 aliphatic heterocycles. The Morgan fingerprint density at radius 1 is 0.769 bits per heavy atom. The van der Waals surface area contributed by atoms with E-state index >= 15 is 0 Å². The van der Waals surface area contributed by atoms with Gasteiger partial charge in [-0.2, -0.15) is 0 Å².